The van der Waals surface area contributed by atoms with Gasteiger partial charge in [0.05, 0.1) is 19.3 Å². The molecular formula is C10H13F3N4O2S. The Balaban J connectivity index is 2.31. The molecule has 0 saturated heterocycles. The summed E-state index contributed by atoms with van der Waals surface area (Å²) in [7, 11) is -1.45. The Morgan fingerprint density at radius 3 is 2.85 bits per heavy atom. The zero-order valence-corrected chi connectivity index (χ0v) is 11.3. The lowest BCUT2D eigenvalue weighted by Gasteiger charge is -2.22. The van der Waals surface area contributed by atoms with Crippen LogP contribution in [-0.2, 0) is 4.74 Å². The van der Waals surface area contributed by atoms with Crippen LogP contribution in [0.4, 0.5) is 23.8 Å². The molecule has 2 rings (SSSR count). The average Bonchev–Trinajstić information content (AvgIpc) is 2.93. The number of hydrogen-bond donors (Lipinski definition) is 1. The van der Waals surface area contributed by atoms with Crippen molar-refractivity contribution >= 4 is 27.2 Å². The predicted octanol–water partition coefficient (Wildman–Crippen LogP) is 1.74. The lowest BCUT2D eigenvalue weighted by atomic mass is 10.2. The number of alkyl halides is 3. The number of rotatable bonds is 2. The highest BCUT2D eigenvalue weighted by Gasteiger charge is 2.45. The van der Waals surface area contributed by atoms with Crippen LogP contribution in [0.5, 0.6) is 0 Å². The highest BCUT2D eigenvalue weighted by Crippen LogP contribution is 2.36. The summed E-state index contributed by atoms with van der Waals surface area (Å²) in [6.45, 7) is 1.29. The van der Waals surface area contributed by atoms with Crippen LogP contribution >= 0.6 is 10.7 Å². The number of carbonyl (C=O) groups is 1. The van der Waals surface area contributed by atoms with Crippen molar-refractivity contribution in [3.63, 3.8) is 0 Å². The molecule has 0 aromatic carbocycles. The van der Waals surface area contributed by atoms with Gasteiger partial charge in [0.15, 0.2) is 0 Å². The Kier molecular flexibility index (Phi) is 3.93. The van der Waals surface area contributed by atoms with Crippen molar-refractivity contribution in [1.29, 1.82) is 0 Å². The summed E-state index contributed by atoms with van der Waals surface area (Å²) in [5.74, 6) is -1.55. The van der Waals surface area contributed by atoms with Crippen LogP contribution in [0.1, 0.15) is 6.92 Å². The van der Waals surface area contributed by atoms with E-state index in [9.17, 15) is 18.0 Å². The van der Waals surface area contributed by atoms with Crippen molar-refractivity contribution in [1.82, 2.24) is 9.89 Å². The first-order valence-electron chi connectivity index (χ1n) is 5.73. The molecule has 1 aliphatic heterocycles. The third-order valence-corrected chi connectivity index (χ3v) is 4.37. The second-order valence-corrected chi connectivity index (χ2v) is 5.63. The van der Waals surface area contributed by atoms with E-state index in [4.69, 9.17) is 10.5 Å². The molecule has 20 heavy (non-hydrogen) atoms. The van der Waals surface area contributed by atoms with Crippen LogP contribution in [0.3, 0.4) is 0 Å². The summed E-state index contributed by atoms with van der Waals surface area (Å²) in [5.41, 5.74) is 5.44. The molecule has 2 heterocycles. The van der Waals surface area contributed by atoms with Gasteiger partial charge >= 0.3 is 11.5 Å². The van der Waals surface area contributed by atoms with Crippen LogP contribution in [0.15, 0.2) is 12.3 Å². The Morgan fingerprint density at radius 1 is 1.65 bits per heavy atom. The molecule has 0 spiro atoms. The quantitative estimate of drug-likeness (QED) is 0.665. The van der Waals surface area contributed by atoms with Gasteiger partial charge in [-0.15, -0.1) is 5.10 Å². The minimum absolute atomic E-state index is 0.0992. The summed E-state index contributed by atoms with van der Waals surface area (Å²) in [6.07, 6.45) is -3.01. The van der Waals surface area contributed by atoms with Crippen molar-refractivity contribution in [3.8, 4) is 0 Å². The standard InChI is InChI=1S/C10H13F3N4O2S/c1-2-19-9(18)20-6-7(10(11,12)13)5-17(20)16-4-3-8(14)15-16/h3-4,6-7H,2,5H2,1H3,(H2,14,15). The van der Waals surface area contributed by atoms with E-state index in [1.807, 2.05) is 0 Å². The summed E-state index contributed by atoms with van der Waals surface area (Å²) in [6, 6.07) is 1.44. The topological polar surface area (TPSA) is 73.4 Å². The van der Waals surface area contributed by atoms with E-state index in [2.05, 4.69) is 5.10 Å². The van der Waals surface area contributed by atoms with E-state index in [0.717, 1.165) is 10.2 Å². The average molecular weight is 310 g/mol. The third-order valence-electron chi connectivity index (χ3n) is 2.55. The Hall–Kier alpha value is -1.71. The van der Waals surface area contributed by atoms with Crippen molar-refractivity contribution in [2.75, 3.05) is 23.3 Å². The highest BCUT2D eigenvalue weighted by molar-refractivity contribution is 8.28. The van der Waals surface area contributed by atoms with Crippen LogP contribution < -0.4 is 10.1 Å². The maximum absolute atomic E-state index is 12.8. The Bertz CT molecular complexity index is 543. The normalized spacial score (nSPS) is 22.7. The fraction of sp³-hybridized carbons (Fsp3) is 0.500. The number of ether oxygens (including phenoxy) is 1. The van der Waals surface area contributed by atoms with E-state index in [-0.39, 0.29) is 12.4 Å². The molecule has 0 radical (unpaired) electrons. The molecule has 10 heteroatoms. The summed E-state index contributed by atoms with van der Waals surface area (Å²) in [4.78, 5) is 12.9. The number of nitrogens with zero attached hydrogens (tertiary/aromatic N) is 3. The van der Waals surface area contributed by atoms with Crippen molar-refractivity contribution in [2.45, 2.75) is 13.1 Å². The molecule has 0 aliphatic carbocycles. The highest BCUT2D eigenvalue weighted by atomic mass is 32.2. The van der Waals surface area contributed by atoms with E-state index < -0.39 is 34.6 Å². The van der Waals surface area contributed by atoms with Crippen LogP contribution in [-0.4, -0.2) is 39.9 Å². The zero-order valence-electron chi connectivity index (χ0n) is 10.5. The van der Waals surface area contributed by atoms with Gasteiger partial charge < -0.3 is 10.5 Å². The molecular weight excluding hydrogens is 297 g/mol. The minimum atomic E-state index is -4.41. The SMILES string of the molecule is CCOC(=O)S1=CC(C(F)(F)F)CN1n1ccc(N)n1. The zero-order chi connectivity index (χ0) is 14.9. The first kappa shape index (κ1) is 14.7. The van der Waals surface area contributed by atoms with Gasteiger partial charge in [-0.25, -0.2) is 9.21 Å². The van der Waals surface area contributed by atoms with Gasteiger partial charge in [-0.2, -0.15) is 18.0 Å². The molecule has 0 amide bonds. The molecule has 0 saturated carbocycles. The number of hydrogen-bond acceptors (Lipinski definition) is 5. The number of nitrogen functional groups attached to an aromatic ring is 1. The summed E-state index contributed by atoms with van der Waals surface area (Å²) >= 11 is 0. The molecule has 2 unspecified atom stereocenters. The second kappa shape index (κ2) is 5.35. The van der Waals surface area contributed by atoms with Gasteiger partial charge in [-0.1, -0.05) is 0 Å². The largest absolute Gasteiger partial charge is 0.457 e. The number of aromatic nitrogens is 2. The van der Waals surface area contributed by atoms with E-state index in [1.54, 1.807) is 6.92 Å². The minimum Gasteiger partial charge on any atom is -0.457 e. The maximum atomic E-state index is 12.8. The fourth-order valence-corrected chi connectivity index (χ4v) is 3.45. The van der Waals surface area contributed by atoms with Gasteiger partial charge in [-0.3, -0.25) is 0 Å². The van der Waals surface area contributed by atoms with E-state index in [0.29, 0.717) is 0 Å². The van der Waals surface area contributed by atoms with Gasteiger partial charge in [0.25, 0.3) is 0 Å². The van der Waals surface area contributed by atoms with Crippen molar-refractivity contribution < 1.29 is 22.7 Å². The number of halogens is 3. The Labute approximate surface area is 115 Å². The van der Waals surface area contributed by atoms with Gasteiger partial charge in [0.1, 0.15) is 11.7 Å². The molecule has 2 atom stereocenters. The molecule has 0 bridgehead atoms. The predicted molar refractivity (Wildman–Crippen MR) is 69.9 cm³/mol. The summed E-state index contributed by atoms with van der Waals surface area (Å²) < 4.78 is 44.5. The lowest BCUT2D eigenvalue weighted by molar-refractivity contribution is -0.150. The first-order chi connectivity index (χ1) is 9.32. The van der Waals surface area contributed by atoms with Crippen LogP contribution in [0, 0.1) is 5.92 Å². The Morgan fingerprint density at radius 2 is 2.35 bits per heavy atom. The molecule has 1 aliphatic rings. The van der Waals surface area contributed by atoms with Gasteiger partial charge in [0, 0.05) is 16.7 Å². The van der Waals surface area contributed by atoms with E-state index in [1.165, 1.54) is 16.7 Å². The number of anilines is 1. The summed E-state index contributed by atoms with van der Waals surface area (Å²) in [5, 5.41) is 4.07. The van der Waals surface area contributed by atoms with Crippen molar-refractivity contribution in [2.24, 2.45) is 5.92 Å². The molecule has 2 N–H and O–H groups in total. The fourth-order valence-electron chi connectivity index (χ4n) is 1.64. The van der Waals surface area contributed by atoms with Crippen LogP contribution in [0.2, 0.25) is 0 Å². The molecule has 0 fully saturated rings. The van der Waals surface area contributed by atoms with Crippen molar-refractivity contribution in [3.05, 3.63) is 12.3 Å². The van der Waals surface area contributed by atoms with Gasteiger partial charge in [-0.05, 0) is 12.3 Å². The van der Waals surface area contributed by atoms with Gasteiger partial charge in [0.2, 0.25) is 0 Å². The number of carbonyl (C=O) groups excluding carboxylic acids is 1. The molecule has 1 aromatic heterocycles. The molecule has 6 nitrogen and oxygen atoms in total. The maximum Gasteiger partial charge on any atom is 0.397 e. The third kappa shape index (κ3) is 2.89. The lowest BCUT2D eigenvalue weighted by Crippen LogP contribution is -2.35. The first-order valence-corrected chi connectivity index (χ1v) is 6.98. The number of nitrogens with two attached hydrogens (primary N) is 1. The second-order valence-electron chi connectivity index (χ2n) is 3.98. The molecule has 1 aromatic rings. The van der Waals surface area contributed by atoms with E-state index >= 15 is 0 Å². The smallest absolute Gasteiger partial charge is 0.397 e. The van der Waals surface area contributed by atoms with Crippen LogP contribution in [0.25, 0.3) is 0 Å². The molecule has 112 valence electrons. The monoisotopic (exact) mass is 310 g/mol.